The molecule has 3 aromatic rings. The van der Waals surface area contributed by atoms with Crippen molar-refractivity contribution in [1.29, 1.82) is 0 Å². The Morgan fingerprint density at radius 1 is 1.22 bits per heavy atom. The summed E-state index contributed by atoms with van der Waals surface area (Å²) in [6.45, 7) is 5.17. The Labute approximate surface area is 157 Å². The molecule has 0 amide bonds. The normalized spacial score (nSPS) is 14.1. The highest BCUT2D eigenvalue weighted by atomic mass is 16.5. The maximum atomic E-state index is 12.5. The summed E-state index contributed by atoms with van der Waals surface area (Å²) < 4.78 is 7.21. The van der Waals surface area contributed by atoms with Gasteiger partial charge in [-0.05, 0) is 18.6 Å². The molecule has 7 heteroatoms. The van der Waals surface area contributed by atoms with Crippen LogP contribution in [0.15, 0.2) is 42.6 Å². The summed E-state index contributed by atoms with van der Waals surface area (Å²) in [5.74, 6) is -0.344. The third kappa shape index (κ3) is 3.78. The van der Waals surface area contributed by atoms with Crippen molar-refractivity contribution in [2.45, 2.75) is 33.0 Å². The van der Waals surface area contributed by atoms with Crippen molar-refractivity contribution in [2.24, 2.45) is 0 Å². The summed E-state index contributed by atoms with van der Waals surface area (Å²) in [7, 11) is 0. The van der Waals surface area contributed by atoms with E-state index in [1.54, 1.807) is 6.20 Å². The van der Waals surface area contributed by atoms with Crippen molar-refractivity contribution < 1.29 is 9.53 Å². The van der Waals surface area contributed by atoms with Crippen LogP contribution in [0.25, 0.3) is 0 Å². The van der Waals surface area contributed by atoms with Crippen LogP contribution in [0.1, 0.15) is 39.9 Å². The zero-order valence-electron chi connectivity index (χ0n) is 15.4. The maximum Gasteiger partial charge on any atom is 0.359 e. The number of H-pyrrole nitrogens is 1. The zero-order chi connectivity index (χ0) is 18.6. The number of nitrogens with one attached hydrogen (secondary N) is 1. The molecule has 3 heterocycles. The third-order valence-electron chi connectivity index (χ3n) is 4.81. The van der Waals surface area contributed by atoms with Crippen molar-refractivity contribution in [3.05, 3.63) is 70.8 Å². The van der Waals surface area contributed by atoms with Crippen molar-refractivity contribution in [1.82, 2.24) is 24.9 Å². The quantitative estimate of drug-likeness (QED) is 0.679. The first-order valence-electron chi connectivity index (χ1n) is 9.24. The molecule has 0 saturated heterocycles. The number of aromatic nitrogens is 4. The number of aromatic amines is 1. The average Bonchev–Trinajstić information content (AvgIpc) is 3.31. The van der Waals surface area contributed by atoms with Gasteiger partial charge in [0.2, 0.25) is 0 Å². The first-order chi connectivity index (χ1) is 13.2. The number of fused-ring (bicyclic) bond motifs is 1. The van der Waals surface area contributed by atoms with Crippen LogP contribution in [0.2, 0.25) is 0 Å². The van der Waals surface area contributed by atoms with Gasteiger partial charge >= 0.3 is 5.97 Å². The Morgan fingerprint density at radius 2 is 2.07 bits per heavy atom. The van der Waals surface area contributed by atoms with Crippen LogP contribution in [-0.2, 0) is 30.8 Å². The number of ether oxygens (including phenoxy) is 1. The second-order valence-electron chi connectivity index (χ2n) is 6.68. The molecule has 0 bridgehead atoms. The van der Waals surface area contributed by atoms with Gasteiger partial charge in [0.05, 0.1) is 13.2 Å². The molecule has 140 valence electrons. The van der Waals surface area contributed by atoms with Crippen molar-refractivity contribution in [2.75, 3.05) is 13.2 Å². The minimum absolute atomic E-state index is 0.344. The van der Waals surface area contributed by atoms with E-state index in [0.717, 1.165) is 42.0 Å². The standard InChI is InChI=1S/C20H23N5O2/c1-2-27-20(26)19-17-14-24(13-16-8-10-21-22-16)11-9-18(17)25(23-19)12-15-6-4-3-5-7-15/h3-8,10H,2,9,11-14H2,1H3,(H,21,22). The molecule has 0 unspecified atom stereocenters. The number of nitrogens with zero attached hydrogens (tertiary/aromatic N) is 4. The van der Waals surface area contributed by atoms with E-state index in [0.29, 0.717) is 25.4 Å². The largest absolute Gasteiger partial charge is 0.461 e. The highest BCUT2D eigenvalue weighted by molar-refractivity contribution is 5.89. The lowest BCUT2D eigenvalue weighted by Crippen LogP contribution is -2.31. The van der Waals surface area contributed by atoms with Crippen LogP contribution >= 0.6 is 0 Å². The first-order valence-corrected chi connectivity index (χ1v) is 9.24. The Morgan fingerprint density at radius 3 is 2.81 bits per heavy atom. The molecule has 1 N–H and O–H groups in total. The van der Waals surface area contributed by atoms with Gasteiger partial charge in [-0.25, -0.2) is 4.79 Å². The number of rotatable bonds is 6. The van der Waals surface area contributed by atoms with Crippen molar-refractivity contribution in [3.8, 4) is 0 Å². The average molecular weight is 365 g/mol. The number of hydrogen-bond acceptors (Lipinski definition) is 5. The molecule has 4 rings (SSSR count). The summed E-state index contributed by atoms with van der Waals surface area (Å²) in [4.78, 5) is 14.8. The summed E-state index contributed by atoms with van der Waals surface area (Å²) in [6, 6.07) is 12.2. The number of carbonyl (C=O) groups is 1. The molecule has 1 aromatic carbocycles. The predicted molar refractivity (Wildman–Crippen MR) is 100 cm³/mol. The van der Waals surface area contributed by atoms with E-state index in [-0.39, 0.29) is 5.97 Å². The van der Waals surface area contributed by atoms with Crippen LogP contribution < -0.4 is 0 Å². The second kappa shape index (κ2) is 7.75. The fourth-order valence-electron chi connectivity index (χ4n) is 3.55. The van der Waals surface area contributed by atoms with Crippen molar-refractivity contribution >= 4 is 5.97 Å². The van der Waals surface area contributed by atoms with Gasteiger partial charge in [0.25, 0.3) is 0 Å². The SMILES string of the molecule is CCOC(=O)c1nn(Cc2ccccc2)c2c1CN(Cc1ccn[nH]1)CC2. The molecule has 7 nitrogen and oxygen atoms in total. The van der Waals surface area contributed by atoms with Gasteiger partial charge < -0.3 is 4.74 Å². The minimum Gasteiger partial charge on any atom is -0.461 e. The van der Waals surface area contributed by atoms with E-state index in [9.17, 15) is 4.79 Å². The fraction of sp³-hybridized carbons (Fsp3) is 0.350. The Bertz CT molecular complexity index is 902. The molecule has 1 aliphatic heterocycles. The lowest BCUT2D eigenvalue weighted by atomic mass is 10.0. The highest BCUT2D eigenvalue weighted by Gasteiger charge is 2.29. The molecule has 0 aliphatic carbocycles. The van der Waals surface area contributed by atoms with E-state index >= 15 is 0 Å². The monoisotopic (exact) mass is 365 g/mol. The molecule has 2 aromatic heterocycles. The molecule has 1 aliphatic rings. The molecular weight excluding hydrogens is 342 g/mol. The third-order valence-corrected chi connectivity index (χ3v) is 4.81. The lowest BCUT2D eigenvalue weighted by molar-refractivity contribution is 0.0515. The van der Waals surface area contributed by atoms with E-state index < -0.39 is 0 Å². The van der Waals surface area contributed by atoms with Crippen LogP contribution in [0.3, 0.4) is 0 Å². The Hall–Kier alpha value is -2.93. The molecule has 0 fully saturated rings. The summed E-state index contributed by atoms with van der Waals surface area (Å²) in [5, 5.41) is 11.6. The van der Waals surface area contributed by atoms with Gasteiger partial charge in [-0.15, -0.1) is 0 Å². The van der Waals surface area contributed by atoms with E-state index in [4.69, 9.17) is 4.74 Å². The lowest BCUT2D eigenvalue weighted by Gasteiger charge is -2.27. The first kappa shape index (κ1) is 17.5. The molecule has 0 saturated carbocycles. The van der Waals surface area contributed by atoms with E-state index in [1.807, 2.05) is 35.9 Å². The van der Waals surface area contributed by atoms with Crippen LogP contribution in [0.5, 0.6) is 0 Å². The fourth-order valence-corrected chi connectivity index (χ4v) is 3.55. The molecule has 0 radical (unpaired) electrons. The Balaban J connectivity index is 1.62. The highest BCUT2D eigenvalue weighted by Crippen LogP contribution is 2.25. The van der Waals surface area contributed by atoms with Crippen LogP contribution in [0.4, 0.5) is 0 Å². The van der Waals surface area contributed by atoms with Gasteiger partial charge in [0.1, 0.15) is 0 Å². The number of benzene rings is 1. The molecule has 27 heavy (non-hydrogen) atoms. The van der Waals surface area contributed by atoms with Gasteiger partial charge in [-0.3, -0.25) is 14.7 Å². The summed E-state index contributed by atoms with van der Waals surface area (Å²) in [6.07, 6.45) is 2.61. The number of carbonyl (C=O) groups excluding carboxylic acids is 1. The van der Waals surface area contributed by atoms with Gasteiger partial charge in [0, 0.05) is 49.2 Å². The van der Waals surface area contributed by atoms with Gasteiger partial charge in [-0.2, -0.15) is 10.2 Å². The van der Waals surface area contributed by atoms with Crippen LogP contribution in [0, 0.1) is 0 Å². The summed E-state index contributed by atoms with van der Waals surface area (Å²) >= 11 is 0. The Kier molecular flexibility index (Phi) is 5.02. The molecular formula is C20H23N5O2. The van der Waals surface area contributed by atoms with Crippen LogP contribution in [-0.4, -0.2) is 44.0 Å². The predicted octanol–water partition coefficient (Wildman–Crippen LogP) is 2.39. The van der Waals surface area contributed by atoms with E-state index in [2.05, 4.69) is 32.3 Å². The molecule has 0 atom stereocenters. The maximum absolute atomic E-state index is 12.5. The second-order valence-corrected chi connectivity index (χ2v) is 6.68. The topological polar surface area (TPSA) is 76.0 Å². The van der Waals surface area contributed by atoms with E-state index in [1.165, 1.54) is 0 Å². The minimum atomic E-state index is -0.344. The molecule has 0 spiro atoms. The summed E-state index contributed by atoms with van der Waals surface area (Å²) in [5.41, 5.74) is 4.78. The van der Waals surface area contributed by atoms with Gasteiger partial charge in [-0.1, -0.05) is 30.3 Å². The number of hydrogen-bond donors (Lipinski definition) is 1. The van der Waals surface area contributed by atoms with Crippen molar-refractivity contribution in [3.63, 3.8) is 0 Å². The smallest absolute Gasteiger partial charge is 0.359 e. The number of esters is 1. The van der Waals surface area contributed by atoms with Gasteiger partial charge in [0.15, 0.2) is 5.69 Å². The zero-order valence-corrected chi connectivity index (χ0v) is 15.4.